The van der Waals surface area contributed by atoms with E-state index in [1.165, 1.54) is 19.4 Å². The summed E-state index contributed by atoms with van der Waals surface area (Å²) in [6, 6.07) is 1.80. The summed E-state index contributed by atoms with van der Waals surface area (Å²) in [6.07, 6.45) is 6.09. The van der Waals surface area contributed by atoms with Gasteiger partial charge in [0, 0.05) is 19.9 Å². The van der Waals surface area contributed by atoms with Crippen LogP contribution in [0.2, 0.25) is 0 Å². The molecule has 1 aromatic rings. The van der Waals surface area contributed by atoms with E-state index in [0.717, 1.165) is 12.8 Å². The molecule has 156 valence electrons. The maximum Gasteiger partial charge on any atom is 0.313 e. The molecule has 8 heteroatoms. The van der Waals surface area contributed by atoms with E-state index in [4.69, 9.17) is 18.9 Å². The van der Waals surface area contributed by atoms with Crippen molar-refractivity contribution in [2.24, 2.45) is 5.92 Å². The molecular weight excluding hydrogens is 378 g/mol. The largest absolute Gasteiger partial charge is 0.466 e. The summed E-state index contributed by atoms with van der Waals surface area (Å²) in [5, 5.41) is 0. The van der Waals surface area contributed by atoms with Crippen molar-refractivity contribution in [3.05, 3.63) is 45.8 Å². The Morgan fingerprint density at radius 2 is 2.00 bits per heavy atom. The number of hydrogen-bond donors (Lipinski definition) is 0. The summed E-state index contributed by atoms with van der Waals surface area (Å²) in [6.45, 7) is 3.53. The molecule has 4 rings (SSSR count). The third kappa shape index (κ3) is 3.63. The lowest BCUT2D eigenvalue weighted by Gasteiger charge is -2.25. The average Bonchev–Trinajstić information content (AvgIpc) is 3.26. The molecule has 8 nitrogen and oxygen atoms in total. The Hall–Kier alpha value is -2.77. The van der Waals surface area contributed by atoms with Gasteiger partial charge in [0.1, 0.15) is 24.8 Å². The Bertz CT molecular complexity index is 904. The van der Waals surface area contributed by atoms with Gasteiger partial charge in [0.05, 0.1) is 18.1 Å². The normalized spacial score (nSPS) is 19.4. The van der Waals surface area contributed by atoms with Crippen LogP contribution in [-0.2, 0) is 47.5 Å². The van der Waals surface area contributed by atoms with Crippen molar-refractivity contribution in [2.45, 2.75) is 64.4 Å². The quantitative estimate of drug-likeness (QED) is 0.646. The zero-order valence-electron chi connectivity index (χ0n) is 16.6. The standard InChI is InChI=1S/C21H25NO7/c1-3-26-20(25)16(10-14-4-5-14)15-11-18-21(28-8-9-29-21)6-7-22(18)19(24)17(15)12-27-13(2)23/h8-9,11,14,16H,3-7,10,12H2,1-2H3. The fraction of sp³-hybridized carbons (Fsp3) is 0.571. The van der Waals surface area contributed by atoms with Gasteiger partial charge in [0.25, 0.3) is 11.3 Å². The van der Waals surface area contributed by atoms with Gasteiger partial charge in [-0.1, -0.05) is 12.8 Å². The smallest absolute Gasteiger partial charge is 0.313 e. The lowest BCUT2D eigenvalue weighted by Crippen LogP contribution is -2.32. The molecule has 0 N–H and O–H groups in total. The number of esters is 2. The van der Waals surface area contributed by atoms with Crippen LogP contribution in [0, 0.1) is 5.92 Å². The van der Waals surface area contributed by atoms with E-state index < -0.39 is 17.7 Å². The summed E-state index contributed by atoms with van der Waals surface area (Å²) >= 11 is 0. The first kappa shape index (κ1) is 19.5. The number of aromatic nitrogens is 1. The predicted molar refractivity (Wildman–Crippen MR) is 100 cm³/mol. The topological polar surface area (TPSA) is 93.1 Å². The molecule has 0 bridgehead atoms. The lowest BCUT2D eigenvalue weighted by molar-refractivity contribution is -0.148. The zero-order chi connectivity index (χ0) is 20.6. The number of hydrogen-bond acceptors (Lipinski definition) is 7. The Labute approximate surface area is 168 Å². The minimum atomic E-state index is -1.05. The fourth-order valence-corrected chi connectivity index (χ4v) is 4.08. The third-order valence-electron chi connectivity index (χ3n) is 5.69. The molecule has 2 aliphatic heterocycles. The highest BCUT2D eigenvalue weighted by atomic mass is 16.7. The second kappa shape index (κ2) is 7.57. The summed E-state index contributed by atoms with van der Waals surface area (Å²) in [4.78, 5) is 37.5. The fourth-order valence-electron chi connectivity index (χ4n) is 4.08. The number of pyridine rings is 1. The van der Waals surface area contributed by atoms with Crippen molar-refractivity contribution >= 4 is 11.9 Å². The summed E-state index contributed by atoms with van der Waals surface area (Å²) < 4.78 is 23.4. The van der Waals surface area contributed by atoms with Crippen LogP contribution in [0.4, 0.5) is 0 Å². The molecule has 1 aliphatic carbocycles. The second-order valence-electron chi connectivity index (χ2n) is 7.70. The van der Waals surface area contributed by atoms with Gasteiger partial charge in [0.15, 0.2) is 0 Å². The molecule has 1 unspecified atom stereocenters. The van der Waals surface area contributed by atoms with E-state index in [0.29, 0.717) is 42.1 Å². The van der Waals surface area contributed by atoms with Crippen molar-refractivity contribution in [1.29, 1.82) is 0 Å². The first-order chi connectivity index (χ1) is 13.9. The van der Waals surface area contributed by atoms with Crippen LogP contribution in [0.1, 0.15) is 62.3 Å². The van der Waals surface area contributed by atoms with E-state index in [1.807, 2.05) is 0 Å². The van der Waals surface area contributed by atoms with Gasteiger partial charge in [-0.3, -0.25) is 14.4 Å². The van der Waals surface area contributed by atoms with E-state index in [9.17, 15) is 14.4 Å². The number of carbonyl (C=O) groups excluding carboxylic acids is 2. The number of rotatable bonds is 7. The van der Waals surface area contributed by atoms with E-state index in [2.05, 4.69) is 0 Å². The SMILES string of the molecule is CCOC(=O)C(CC1CC1)c1cc2n(c(=O)c1COC(C)=O)CCC21OC=CO1. The Balaban J connectivity index is 1.82. The van der Waals surface area contributed by atoms with Crippen LogP contribution >= 0.6 is 0 Å². The van der Waals surface area contributed by atoms with Gasteiger partial charge in [-0.05, 0) is 30.9 Å². The van der Waals surface area contributed by atoms with E-state index in [-0.39, 0.29) is 24.7 Å². The average molecular weight is 403 g/mol. The molecule has 3 aliphatic rings. The molecule has 0 amide bonds. The van der Waals surface area contributed by atoms with Gasteiger partial charge in [0.2, 0.25) is 0 Å². The minimum absolute atomic E-state index is 0.183. The first-order valence-corrected chi connectivity index (χ1v) is 10.0. The third-order valence-corrected chi connectivity index (χ3v) is 5.69. The Morgan fingerprint density at radius 1 is 1.28 bits per heavy atom. The van der Waals surface area contributed by atoms with E-state index >= 15 is 0 Å². The van der Waals surface area contributed by atoms with Crippen LogP contribution in [0.15, 0.2) is 23.4 Å². The van der Waals surface area contributed by atoms with Gasteiger partial charge < -0.3 is 23.5 Å². The Kier molecular flexibility index (Phi) is 5.10. The van der Waals surface area contributed by atoms with Gasteiger partial charge in [-0.25, -0.2) is 0 Å². The summed E-state index contributed by atoms with van der Waals surface area (Å²) in [7, 11) is 0. The maximum absolute atomic E-state index is 13.3. The minimum Gasteiger partial charge on any atom is -0.466 e. The zero-order valence-corrected chi connectivity index (χ0v) is 16.6. The predicted octanol–water partition coefficient (Wildman–Crippen LogP) is 2.43. The molecule has 3 heterocycles. The van der Waals surface area contributed by atoms with Gasteiger partial charge >= 0.3 is 11.9 Å². The van der Waals surface area contributed by atoms with Crippen LogP contribution in [0.5, 0.6) is 0 Å². The van der Waals surface area contributed by atoms with Crippen LogP contribution < -0.4 is 5.56 Å². The maximum atomic E-state index is 13.3. The molecular formula is C21H25NO7. The van der Waals surface area contributed by atoms with Gasteiger partial charge in [-0.2, -0.15) is 0 Å². The number of nitrogens with zero attached hydrogens (tertiary/aromatic N) is 1. The highest BCUT2D eigenvalue weighted by Gasteiger charge is 2.47. The molecule has 1 aromatic heterocycles. The van der Waals surface area contributed by atoms with Crippen molar-refractivity contribution in [3.63, 3.8) is 0 Å². The van der Waals surface area contributed by atoms with Crippen molar-refractivity contribution < 1.29 is 28.5 Å². The van der Waals surface area contributed by atoms with Crippen LogP contribution in [0.25, 0.3) is 0 Å². The number of fused-ring (bicyclic) bond motifs is 2. The lowest BCUT2D eigenvalue weighted by atomic mass is 9.89. The molecule has 1 spiro atoms. The number of carbonyl (C=O) groups is 2. The second-order valence-corrected chi connectivity index (χ2v) is 7.70. The first-order valence-electron chi connectivity index (χ1n) is 10.0. The Morgan fingerprint density at radius 3 is 2.62 bits per heavy atom. The van der Waals surface area contributed by atoms with Crippen molar-refractivity contribution in [1.82, 2.24) is 4.57 Å². The van der Waals surface area contributed by atoms with Crippen LogP contribution in [-0.4, -0.2) is 23.1 Å². The summed E-state index contributed by atoms with van der Waals surface area (Å²) in [5.74, 6) is -2.08. The molecule has 0 aromatic carbocycles. The highest BCUT2D eigenvalue weighted by Crippen LogP contribution is 2.44. The molecule has 1 saturated carbocycles. The van der Waals surface area contributed by atoms with Gasteiger partial charge in [-0.15, -0.1) is 0 Å². The van der Waals surface area contributed by atoms with Crippen molar-refractivity contribution in [3.8, 4) is 0 Å². The summed E-state index contributed by atoms with van der Waals surface area (Å²) in [5.41, 5.74) is 1.12. The van der Waals surface area contributed by atoms with E-state index in [1.54, 1.807) is 17.6 Å². The molecule has 1 fully saturated rings. The molecule has 29 heavy (non-hydrogen) atoms. The van der Waals surface area contributed by atoms with Crippen molar-refractivity contribution in [2.75, 3.05) is 6.61 Å². The molecule has 0 saturated heterocycles. The number of ether oxygens (including phenoxy) is 4. The molecule has 1 atom stereocenters. The molecule has 0 radical (unpaired) electrons. The highest BCUT2D eigenvalue weighted by molar-refractivity contribution is 5.79. The van der Waals surface area contributed by atoms with Crippen LogP contribution in [0.3, 0.4) is 0 Å². The monoisotopic (exact) mass is 403 g/mol.